The number of hydrogen-bond donors (Lipinski definition) is 0. The van der Waals surface area contributed by atoms with Crippen molar-refractivity contribution in [3.05, 3.63) is 70.4 Å². The van der Waals surface area contributed by atoms with Crippen LogP contribution in [0.2, 0.25) is 0 Å². The maximum Gasteiger partial charge on any atom is 0.210 e. The highest BCUT2D eigenvalue weighted by molar-refractivity contribution is 7.10. The molecule has 1 aliphatic heterocycles. The van der Waals surface area contributed by atoms with E-state index in [1.54, 1.807) is 0 Å². The monoisotopic (exact) mass is 386 g/mol. The molecule has 142 valence electrons. The molecular weight excluding hydrogens is 358 g/mol. The van der Waals surface area contributed by atoms with Crippen molar-refractivity contribution in [2.75, 3.05) is 7.05 Å². The molecule has 0 radical (unpaired) electrons. The number of allylic oxidation sites excluding steroid dienone is 1. The van der Waals surface area contributed by atoms with Crippen LogP contribution in [0.3, 0.4) is 0 Å². The highest BCUT2D eigenvalue weighted by Gasteiger charge is 2.48. The standard InChI is InChI=1S/C26H28NS/c1-26(18-19-8-3-4-9-19)24(16-14-21-11-7-17-28-21)27(2)23-15-13-20-10-5-6-12-22(20)25(23)26/h5-7,10-17,19H,3-4,8-9,18H2,1-2H3/q+1/b16-14+. The summed E-state index contributed by atoms with van der Waals surface area (Å²) < 4.78 is 2.45. The van der Waals surface area contributed by atoms with Crippen LogP contribution in [0.15, 0.2) is 60.0 Å². The third kappa shape index (κ3) is 2.86. The van der Waals surface area contributed by atoms with Crippen molar-refractivity contribution in [1.29, 1.82) is 0 Å². The fourth-order valence-corrected chi connectivity index (χ4v) is 6.21. The number of thiophene rings is 1. The first kappa shape index (κ1) is 17.9. The van der Waals surface area contributed by atoms with Gasteiger partial charge in [0.1, 0.15) is 7.05 Å². The maximum atomic E-state index is 2.49. The third-order valence-electron chi connectivity index (χ3n) is 6.87. The molecule has 0 amide bonds. The fourth-order valence-electron chi connectivity index (χ4n) is 5.59. The molecule has 1 atom stereocenters. The molecule has 2 aromatic carbocycles. The molecule has 3 aromatic rings. The second-order valence-electron chi connectivity index (χ2n) is 8.66. The minimum Gasteiger partial charge on any atom is -0.198 e. The first-order valence-electron chi connectivity index (χ1n) is 10.5. The number of nitrogens with zero attached hydrogens (tertiary/aromatic N) is 1. The maximum absolute atomic E-state index is 2.49. The van der Waals surface area contributed by atoms with Gasteiger partial charge in [0.2, 0.25) is 5.69 Å². The first-order valence-corrected chi connectivity index (χ1v) is 11.4. The SMILES string of the molecule is C[N+]1=C(/C=C/c2cccs2)C(C)(CC2CCCC2)c2c1ccc1ccccc21. The van der Waals surface area contributed by atoms with Gasteiger partial charge in [-0.05, 0) is 53.6 Å². The first-order chi connectivity index (χ1) is 13.7. The summed E-state index contributed by atoms with van der Waals surface area (Å²) >= 11 is 1.81. The Morgan fingerprint density at radius 2 is 1.86 bits per heavy atom. The average Bonchev–Trinajstić information content (AvgIpc) is 3.44. The molecule has 1 nitrogen and oxygen atoms in total. The van der Waals surface area contributed by atoms with Crippen LogP contribution in [0.4, 0.5) is 5.69 Å². The van der Waals surface area contributed by atoms with Gasteiger partial charge in [0, 0.05) is 22.6 Å². The summed E-state index contributed by atoms with van der Waals surface area (Å²) in [4.78, 5) is 1.32. The van der Waals surface area contributed by atoms with E-state index in [4.69, 9.17) is 0 Å². The van der Waals surface area contributed by atoms with Crippen molar-refractivity contribution < 1.29 is 4.58 Å². The molecule has 1 unspecified atom stereocenters. The van der Waals surface area contributed by atoms with E-state index in [9.17, 15) is 0 Å². The van der Waals surface area contributed by atoms with Crippen LogP contribution in [-0.4, -0.2) is 17.3 Å². The van der Waals surface area contributed by atoms with Gasteiger partial charge in [0.15, 0.2) is 5.71 Å². The van der Waals surface area contributed by atoms with E-state index < -0.39 is 0 Å². The lowest BCUT2D eigenvalue weighted by Gasteiger charge is -2.27. The van der Waals surface area contributed by atoms with Crippen LogP contribution in [0.25, 0.3) is 16.8 Å². The lowest BCUT2D eigenvalue weighted by molar-refractivity contribution is -0.401. The summed E-state index contributed by atoms with van der Waals surface area (Å²) in [5.74, 6) is 0.841. The van der Waals surface area contributed by atoms with Crippen molar-refractivity contribution in [3.63, 3.8) is 0 Å². The van der Waals surface area contributed by atoms with Gasteiger partial charge in [0.05, 0.1) is 5.41 Å². The number of hydrogen-bond acceptors (Lipinski definition) is 1. The lowest BCUT2D eigenvalue weighted by Crippen LogP contribution is -2.33. The zero-order chi connectivity index (χ0) is 19.1. The van der Waals surface area contributed by atoms with Crippen LogP contribution < -0.4 is 0 Å². The number of fused-ring (bicyclic) bond motifs is 3. The summed E-state index contributed by atoms with van der Waals surface area (Å²) in [5, 5.41) is 4.94. The summed E-state index contributed by atoms with van der Waals surface area (Å²) in [5.41, 5.74) is 4.42. The van der Waals surface area contributed by atoms with Gasteiger partial charge in [-0.2, -0.15) is 4.58 Å². The Morgan fingerprint density at radius 1 is 1.04 bits per heavy atom. The topological polar surface area (TPSA) is 3.01 Å². The largest absolute Gasteiger partial charge is 0.210 e. The molecule has 1 fully saturated rings. The summed E-state index contributed by atoms with van der Waals surface area (Å²) in [7, 11) is 2.25. The summed E-state index contributed by atoms with van der Waals surface area (Å²) in [6.07, 6.45) is 11.5. The molecular formula is C26H28NS+. The van der Waals surface area contributed by atoms with Gasteiger partial charge in [-0.3, -0.25) is 0 Å². The van der Waals surface area contributed by atoms with Crippen LogP contribution in [0, 0.1) is 5.92 Å². The van der Waals surface area contributed by atoms with E-state index in [1.165, 1.54) is 64.7 Å². The van der Waals surface area contributed by atoms with Gasteiger partial charge in [-0.1, -0.05) is 56.0 Å². The Morgan fingerprint density at radius 3 is 2.64 bits per heavy atom. The minimum absolute atomic E-state index is 0.0632. The molecule has 0 bridgehead atoms. The molecule has 1 aromatic heterocycles. The Bertz CT molecular complexity index is 1070. The van der Waals surface area contributed by atoms with Gasteiger partial charge in [-0.25, -0.2) is 0 Å². The van der Waals surface area contributed by atoms with Crippen LogP contribution in [0.1, 0.15) is 49.5 Å². The van der Waals surface area contributed by atoms with Crippen molar-refractivity contribution >= 4 is 39.6 Å². The van der Waals surface area contributed by atoms with E-state index in [2.05, 4.69) is 84.6 Å². The van der Waals surface area contributed by atoms with Crippen molar-refractivity contribution in [2.45, 2.75) is 44.4 Å². The van der Waals surface area contributed by atoms with E-state index >= 15 is 0 Å². The van der Waals surface area contributed by atoms with Gasteiger partial charge in [0.25, 0.3) is 0 Å². The van der Waals surface area contributed by atoms with E-state index in [1.807, 2.05) is 11.3 Å². The van der Waals surface area contributed by atoms with E-state index in [-0.39, 0.29) is 5.41 Å². The Labute approximate surface area is 172 Å². The van der Waals surface area contributed by atoms with E-state index in [0.717, 1.165) is 5.92 Å². The van der Waals surface area contributed by atoms with Gasteiger partial charge >= 0.3 is 0 Å². The quantitative estimate of drug-likeness (QED) is 0.418. The number of rotatable bonds is 4. The summed E-state index contributed by atoms with van der Waals surface area (Å²) in [6.45, 7) is 2.49. The molecule has 0 N–H and O–H groups in total. The normalized spacial score (nSPS) is 22.6. The predicted molar refractivity (Wildman–Crippen MR) is 122 cm³/mol. The van der Waals surface area contributed by atoms with Crippen LogP contribution in [-0.2, 0) is 5.41 Å². The van der Waals surface area contributed by atoms with Crippen molar-refractivity contribution in [3.8, 4) is 0 Å². The smallest absolute Gasteiger partial charge is 0.198 e. The van der Waals surface area contributed by atoms with Crippen molar-refractivity contribution in [2.24, 2.45) is 5.92 Å². The minimum atomic E-state index is 0.0632. The molecule has 2 heteroatoms. The highest BCUT2D eigenvalue weighted by atomic mass is 32.1. The summed E-state index contributed by atoms with van der Waals surface area (Å²) in [6, 6.07) is 17.9. The lowest BCUT2D eigenvalue weighted by atomic mass is 9.71. The Hall–Kier alpha value is -2.19. The third-order valence-corrected chi connectivity index (χ3v) is 7.70. The fraction of sp³-hybridized carbons (Fsp3) is 0.346. The van der Waals surface area contributed by atoms with Gasteiger partial charge in [-0.15, -0.1) is 11.3 Å². The molecule has 5 rings (SSSR count). The van der Waals surface area contributed by atoms with Crippen LogP contribution >= 0.6 is 11.3 Å². The Kier molecular flexibility index (Phi) is 4.47. The zero-order valence-corrected chi connectivity index (χ0v) is 17.6. The molecule has 2 aliphatic rings. The van der Waals surface area contributed by atoms with Crippen molar-refractivity contribution in [1.82, 2.24) is 0 Å². The van der Waals surface area contributed by atoms with E-state index in [0.29, 0.717) is 0 Å². The predicted octanol–water partition coefficient (Wildman–Crippen LogP) is 7.18. The average molecular weight is 387 g/mol. The molecule has 0 spiro atoms. The second-order valence-corrected chi connectivity index (χ2v) is 9.64. The highest BCUT2D eigenvalue weighted by Crippen LogP contribution is 2.49. The van der Waals surface area contributed by atoms with Crippen LogP contribution in [0.5, 0.6) is 0 Å². The second kappa shape index (κ2) is 7.00. The Balaban J connectivity index is 1.68. The van der Waals surface area contributed by atoms with Gasteiger partial charge < -0.3 is 0 Å². The number of benzene rings is 2. The molecule has 1 saturated carbocycles. The molecule has 1 aliphatic carbocycles. The molecule has 2 heterocycles. The molecule has 28 heavy (non-hydrogen) atoms. The molecule has 0 saturated heterocycles. The zero-order valence-electron chi connectivity index (χ0n) is 16.8.